The summed E-state index contributed by atoms with van der Waals surface area (Å²) >= 11 is 5.86. The molecule has 2 aromatic rings. The molecule has 0 unspecified atom stereocenters. The average Bonchev–Trinajstić information content (AvgIpc) is 2.55. The molecule has 0 spiro atoms. The van der Waals surface area contributed by atoms with Crippen LogP contribution in [0.25, 0.3) is 0 Å². The Hall–Kier alpha value is -2.09. The fraction of sp³-hybridized carbons (Fsp3) is 0.235. The molecule has 1 amide bonds. The van der Waals surface area contributed by atoms with Crippen LogP contribution in [-0.4, -0.2) is 32.2 Å². The highest BCUT2D eigenvalue weighted by Crippen LogP contribution is 2.18. The van der Waals surface area contributed by atoms with E-state index in [9.17, 15) is 13.2 Å². The molecule has 2 rings (SSSR count). The molecule has 0 bridgehead atoms. The maximum atomic E-state index is 12.6. The van der Waals surface area contributed by atoms with Crippen LogP contribution in [0.3, 0.4) is 0 Å². The third-order valence-electron chi connectivity index (χ3n) is 3.72. The Morgan fingerprint density at radius 3 is 2.48 bits per heavy atom. The SMILES string of the molecule is Cc1ccc(S(=O)(=O)N(C)CC(=O)NNc2cccc(Cl)c2)cc1C. The second-order valence-electron chi connectivity index (χ2n) is 5.69. The second-order valence-corrected chi connectivity index (χ2v) is 8.17. The van der Waals surface area contributed by atoms with Crippen LogP contribution >= 0.6 is 11.6 Å². The van der Waals surface area contributed by atoms with E-state index >= 15 is 0 Å². The predicted molar refractivity (Wildman–Crippen MR) is 98.9 cm³/mol. The number of hydrazine groups is 1. The van der Waals surface area contributed by atoms with Gasteiger partial charge >= 0.3 is 0 Å². The number of carbonyl (C=O) groups excluding carboxylic acids is 1. The van der Waals surface area contributed by atoms with E-state index in [1.807, 2.05) is 13.8 Å². The maximum Gasteiger partial charge on any atom is 0.253 e. The van der Waals surface area contributed by atoms with Gasteiger partial charge in [-0.3, -0.25) is 15.6 Å². The summed E-state index contributed by atoms with van der Waals surface area (Å²) in [7, 11) is -2.37. The first-order valence-corrected chi connectivity index (χ1v) is 9.36. The van der Waals surface area contributed by atoms with E-state index < -0.39 is 15.9 Å². The number of hydrogen-bond acceptors (Lipinski definition) is 4. The summed E-state index contributed by atoms with van der Waals surface area (Å²) in [5.41, 5.74) is 7.62. The molecule has 0 aliphatic rings. The molecular formula is C17H20ClN3O3S. The molecule has 0 saturated carbocycles. The van der Waals surface area contributed by atoms with E-state index in [1.165, 1.54) is 13.1 Å². The lowest BCUT2D eigenvalue weighted by molar-refractivity contribution is -0.120. The van der Waals surface area contributed by atoms with E-state index in [0.29, 0.717) is 10.7 Å². The van der Waals surface area contributed by atoms with Crippen molar-refractivity contribution in [2.24, 2.45) is 0 Å². The Kier molecular flexibility index (Phi) is 6.05. The van der Waals surface area contributed by atoms with Gasteiger partial charge in [0.15, 0.2) is 0 Å². The summed E-state index contributed by atoms with van der Waals surface area (Å²) in [6.07, 6.45) is 0. The predicted octanol–water partition coefficient (Wildman–Crippen LogP) is 2.72. The van der Waals surface area contributed by atoms with Gasteiger partial charge in [0.05, 0.1) is 17.1 Å². The molecule has 0 atom stereocenters. The van der Waals surface area contributed by atoms with Gasteiger partial charge in [-0.05, 0) is 55.3 Å². The van der Waals surface area contributed by atoms with E-state index in [4.69, 9.17) is 11.6 Å². The fourth-order valence-corrected chi connectivity index (χ4v) is 3.49. The molecule has 0 aliphatic heterocycles. The lowest BCUT2D eigenvalue weighted by Gasteiger charge is -2.18. The van der Waals surface area contributed by atoms with Gasteiger partial charge in [0.2, 0.25) is 10.0 Å². The molecule has 8 heteroatoms. The number of carbonyl (C=O) groups is 1. The summed E-state index contributed by atoms with van der Waals surface area (Å²) < 4.78 is 26.1. The molecule has 6 nitrogen and oxygen atoms in total. The van der Waals surface area contributed by atoms with Gasteiger partial charge in [0.1, 0.15) is 0 Å². The number of nitrogens with one attached hydrogen (secondary N) is 2. The molecule has 0 heterocycles. The number of amides is 1. The zero-order chi connectivity index (χ0) is 18.6. The monoisotopic (exact) mass is 381 g/mol. The van der Waals surface area contributed by atoms with Crippen LogP contribution < -0.4 is 10.9 Å². The highest BCUT2D eigenvalue weighted by molar-refractivity contribution is 7.89. The van der Waals surface area contributed by atoms with Gasteiger partial charge in [-0.15, -0.1) is 0 Å². The number of anilines is 1. The Labute approximate surface area is 152 Å². The number of likely N-dealkylation sites (N-methyl/N-ethyl adjacent to an activating group) is 1. The van der Waals surface area contributed by atoms with Crippen LogP contribution in [0, 0.1) is 13.8 Å². The highest BCUT2D eigenvalue weighted by atomic mass is 35.5. The van der Waals surface area contributed by atoms with Crippen molar-refractivity contribution in [2.45, 2.75) is 18.7 Å². The van der Waals surface area contributed by atoms with Gasteiger partial charge in [0, 0.05) is 12.1 Å². The van der Waals surface area contributed by atoms with Crippen LogP contribution in [0.1, 0.15) is 11.1 Å². The van der Waals surface area contributed by atoms with E-state index in [-0.39, 0.29) is 11.4 Å². The summed E-state index contributed by atoms with van der Waals surface area (Å²) in [6.45, 7) is 3.43. The Bertz CT molecular complexity index is 884. The Morgan fingerprint density at radius 2 is 1.84 bits per heavy atom. The molecular weight excluding hydrogens is 362 g/mol. The van der Waals surface area contributed by atoms with Crippen molar-refractivity contribution in [3.63, 3.8) is 0 Å². The van der Waals surface area contributed by atoms with Gasteiger partial charge in [-0.2, -0.15) is 4.31 Å². The number of hydrogen-bond donors (Lipinski definition) is 2. The van der Waals surface area contributed by atoms with Gasteiger partial charge in [-0.1, -0.05) is 23.7 Å². The molecule has 0 aromatic heterocycles. The number of aryl methyl sites for hydroxylation is 2. The zero-order valence-electron chi connectivity index (χ0n) is 14.2. The van der Waals surface area contributed by atoms with Crippen molar-refractivity contribution in [3.8, 4) is 0 Å². The molecule has 0 aliphatic carbocycles. The third-order valence-corrected chi connectivity index (χ3v) is 5.76. The van der Waals surface area contributed by atoms with Gasteiger partial charge in [0.25, 0.3) is 5.91 Å². The smallest absolute Gasteiger partial charge is 0.253 e. The fourth-order valence-electron chi connectivity index (χ4n) is 2.09. The Balaban J connectivity index is 2.00. The first-order chi connectivity index (χ1) is 11.7. The van der Waals surface area contributed by atoms with Crippen molar-refractivity contribution in [3.05, 3.63) is 58.6 Å². The largest absolute Gasteiger partial charge is 0.299 e. The van der Waals surface area contributed by atoms with Crippen LogP contribution in [0.5, 0.6) is 0 Å². The summed E-state index contributed by atoms with van der Waals surface area (Å²) in [5.74, 6) is -0.491. The first-order valence-electron chi connectivity index (χ1n) is 7.54. The third kappa shape index (κ3) is 4.94. The van der Waals surface area contributed by atoms with Gasteiger partial charge in [-0.25, -0.2) is 8.42 Å². The number of sulfonamides is 1. The Morgan fingerprint density at radius 1 is 1.12 bits per heavy atom. The lowest BCUT2D eigenvalue weighted by atomic mass is 10.1. The number of benzene rings is 2. The second kappa shape index (κ2) is 7.86. The van der Waals surface area contributed by atoms with Gasteiger partial charge < -0.3 is 0 Å². The summed E-state index contributed by atoms with van der Waals surface area (Å²) in [6, 6.07) is 11.7. The number of halogens is 1. The molecule has 0 saturated heterocycles. The molecule has 0 fully saturated rings. The topological polar surface area (TPSA) is 78.5 Å². The summed E-state index contributed by atoms with van der Waals surface area (Å²) in [5, 5.41) is 0.522. The average molecular weight is 382 g/mol. The lowest BCUT2D eigenvalue weighted by Crippen LogP contribution is -2.40. The van der Waals surface area contributed by atoms with Crippen molar-refractivity contribution < 1.29 is 13.2 Å². The molecule has 25 heavy (non-hydrogen) atoms. The normalized spacial score (nSPS) is 11.4. The van der Waals surface area contributed by atoms with Crippen molar-refractivity contribution in [1.82, 2.24) is 9.73 Å². The minimum atomic E-state index is -3.74. The van der Waals surface area contributed by atoms with Crippen LogP contribution in [0.15, 0.2) is 47.4 Å². The van der Waals surface area contributed by atoms with Crippen LogP contribution in [0.4, 0.5) is 5.69 Å². The zero-order valence-corrected chi connectivity index (χ0v) is 15.8. The van der Waals surface area contributed by atoms with Crippen LogP contribution in [-0.2, 0) is 14.8 Å². The number of nitrogens with zero attached hydrogens (tertiary/aromatic N) is 1. The minimum absolute atomic E-state index is 0.161. The van der Waals surface area contributed by atoms with E-state index in [2.05, 4.69) is 10.9 Å². The first kappa shape index (κ1) is 19.2. The maximum absolute atomic E-state index is 12.6. The quantitative estimate of drug-likeness (QED) is 0.754. The van der Waals surface area contributed by atoms with Crippen molar-refractivity contribution in [2.75, 3.05) is 19.0 Å². The van der Waals surface area contributed by atoms with E-state index in [1.54, 1.807) is 36.4 Å². The number of rotatable bonds is 6. The standard InChI is InChI=1S/C17H20ClN3O3S/c1-12-7-8-16(9-13(12)2)25(23,24)21(3)11-17(22)20-19-15-6-4-5-14(18)10-15/h4-10,19H,11H2,1-3H3,(H,20,22). The highest BCUT2D eigenvalue weighted by Gasteiger charge is 2.23. The molecule has 2 aromatic carbocycles. The van der Waals surface area contributed by atoms with Crippen LogP contribution in [0.2, 0.25) is 5.02 Å². The van der Waals surface area contributed by atoms with Crippen molar-refractivity contribution >= 4 is 33.2 Å². The summed E-state index contributed by atoms with van der Waals surface area (Å²) in [4.78, 5) is 12.2. The van der Waals surface area contributed by atoms with E-state index in [0.717, 1.165) is 15.4 Å². The minimum Gasteiger partial charge on any atom is -0.299 e. The van der Waals surface area contributed by atoms with Crippen molar-refractivity contribution in [1.29, 1.82) is 0 Å². The molecule has 0 radical (unpaired) electrons. The molecule has 134 valence electrons. The molecule has 2 N–H and O–H groups in total.